The van der Waals surface area contributed by atoms with E-state index in [2.05, 4.69) is 11.6 Å². The summed E-state index contributed by atoms with van der Waals surface area (Å²) in [4.78, 5) is 32.0. The van der Waals surface area contributed by atoms with E-state index in [0.717, 1.165) is 0 Å². The molecule has 1 aliphatic rings. The van der Waals surface area contributed by atoms with E-state index in [1.807, 2.05) is 18.2 Å². The van der Waals surface area contributed by atoms with Crippen molar-refractivity contribution in [2.75, 3.05) is 20.8 Å². The molecule has 2 aromatic carbocycles. The highest BCUT2D eigenvalue weighted by Crippen LogP contribution is 2.36. The number of allylic oxidation sites excluding steroid dienone is 2. The number of nitrogens with zero attached hydrogens (tertiary/aromatic N) is 2. The molecule has 37 heavy (non-hydrogen) atoms. The Morgan fingerprint density at radius 1 is 1.22 bits per heavy atom. The summed E-state index contributed by atoms with van der Waals surface area (Å²) in [6.45, 7) is 7.39. The molecule has 0 saturated heterocycles. The molecule has 1 aromatic heterocycles. The van der Waals surface area contributed by atoms with Crippen molar-refractivity contribution in [1.29, 1.82) is 0 Å². The molecule has 9 heteroatoms. The maximum absolute atomic E-state index is 13.8. The minimum atomic E-state index is -0.778. The Bertz CT molecular complexity index is 1580. The first kappa shape index (κ1) is 26.0. The van der Waals surface area contributed by atoms with Gasteiger partial charge in [-0.15, -0.1) is 6.58 Å². The number of rotatable bonds is 8. The fraction of sp³-hybridized carbons (Fsp3) is 0.250. The van der Waals surface area contributed by atoms with Crippen LogP contribution in [0.5, 0.6) is 17.2 Å². The predicted octanol–water partition coefficient (Wildman–Crippen LogP) is 3.25. The van der Waals surface area contributed by atoms with Gasteiger partial charge in [0.2, 0.25) is 0 Å². The molecular weight excluding hydrogens is 492 g/mol. The number of para-hydroxylation sites is 1. The second-order valence-corrected chi connectivity index (χ2v) is 9.28. The van der Waals surface area contributed by atoms with Crippen molar-refractivity contribution < 1.29 is 24.1 Å². The van der Waals surface area contributed by atoms with Crippen LogP contribution in [0.3, 0.4) is 0 Å². The molecule has 0 fully saturated rings. The first-order chi connectivity index (χ1) is 17.8. The largest absolute Gasteiger partial charge is 0.504 e. The van der Waals surface area contributed by atoms with E-state index < -0.39 is 12.0 Å². The van der Waals surface area contributed by atoms with Gasteiger partial charge in [0.1, 0.15) is 11.8 Å². The Hall–Kier alpha value is -4.11. The molecule has 2 heterocycles. The van der Waals surface area contributed by atoms with Crippen LogP contribution in [0.25, 0.3) is 6.08 Å². The number of phenols is 1. The van der Waals surface area contributed by atoms with Crippen LogP contribution in [0.15, 0.2) is 70.1 Å². The Morgan fingerprint density at radius 2 is 1.95 bits per heavy atom. The van der Waals surface area contributed by atoms with Crippen LogP contribution < -0.4 is 24.4 Å². The fourth-order valence-electron chi connectivity index (χ4n) is 4.37. The van der Waals surface area contributed by atoms with Crippen molar-refractivity contribution in [3.63, 3.8) is 0 Å². The third-order valence-electron chi connectivity index (χ3n) is 6.01. The van der Waals surface area contributed by atoms with E-state index >= 15 is 0 Å². The summed E-state index contributed by atoms with van der Waals surface area (Å²) < 4.78 is 18.2. The van der Waals surface area contributed by atoms with E-state index in [1.165, 1.54) is 23.0 Å². The van der Waals surface area contributed by atoms with Crippen LogP contribution in [0, 0.1) is 0 Å². The molecule has 192 valence electrons. The maximum Gasteiger partial charge on any atom is 0.338 e. The summed E-state index contributed by atoms with van der Waals surface area (Å²) in [5.74, 6) is 0.333. The van der Waals surface area contributed by atoms with Gasteiger partial charge in [-0.3, -0.25) is 9.36 Å². The van der Waals surface area contributed by atoms with Crippen LogP contribution in [0.4, 0.5) is 0 Å². The van der Waals surface area contributed by atoms with E-state index in [0.29, 0.717) is 49.6 Å². The maximum atomic E-state index is 13.8. The lowest BCUT2D eigenvalue weighted by atomic mass is 9.95. The molecule has 1 unspecified atom stereocenters. The molecule has 1 N–H and O–H groups in total. The fourth-order valence-corrected chi connectivity index (χ4v) is 5.42. The summed E-state index contributed by atoms with van der Waals surface area (Å²) >= 11 is 1.21. The monoisotopic (exact) mass is 520 g/mol. The molecule has 0 saturated carbocycles. The molecule has 1 atom stereocenters. The van der Waals surface area contributed by atoms with Gasteiger partial charge >= 0.3 is 5.97 Å². The lowest BCUT2D eigenvalue weighted by molar-refractivity contribution is -0.139. The van der Waals surface area contributed by atoms with Crippen LogP contribution in [0.2, 0.25) is 0 Å². The van der Waals surface area contributed by atoms with Crippen LogP contribution in [0.1, 0.15) is 36.6 Å². The Balaban J connectivity index is 1.98. The number of carbonyl (C=O) groups is 1. The zero-order valence-electron chi connectivity index (χ0n) is 21.1. The Kier molecular flexibility index (Phi) is 7.63. The Labute approximate surface area is 218 Å². The van der Waals surface area contributed by atoms with Gasteiger partial charge in [-0.1, -0.05) is 35.6 Å². The number of phenolic OH excluding ortho intramolecular Hbond substituents is 1. The van der Waals surface area contributed by atoms with Crippen molar-refractivity contribution in [3.8, 4) is 17.2 Å². The number of hydrogen-bond donors (Lipinski definition) is 1. The Morgan fingerprint density at radius 3 is 2.62 bits per heavy atom. The average molecular weight is 521 g/mol. The molecule has 0 aliphatic carbocycles. The summed E-state index contributed by atoms with van der Waals surface area (Å²) in [5.41, 5.74) is 2.39. The topological polar surface area (TPSA) is 99.4 Å². The number of methoxy groups -OCH3 is 2. The summed E-state index contributed by atoms with van der Waals surface area (Å²) in [5, 5.41) is 10.4. The highest BCUT2D eigenvalue weighted by atomic mass is 32.1. The van der Waals surface area contributed by atoms with Gasteiger partial charge in [0.15, 0.2) is 16.3 Å². The number of esters is 1. The number of ether oxygens (including phenoxy) is 3. The van der Waals surface area contributed by atoms with Crippen molar-refractivity contribution in [3.05, 3.63) is 96.7 Å². The van der Waals surface area contributed by atoms with Crippen molar-refractivity contribution in [1.82, 2.24) is 4.57 Å². The molecule has 0 amide bonds. The van der Waals surface area contributed by atoms with Gasteiger partial charge in [0, 0.05) is 11.1 Å². The molecule has 0 radical (unpaired) electrons. The molecule has 8 nitrogen and oxygen atoms in total. The lowest BCUT2D eigenvalue weighted by Gasteiger charge is -2.25. The highest BCUT2D eigenvalue weighted by molar-refractivity contribution is 7.07. The van der Waals surface area contributed by atoms with Gasteiger partial charge < -0.3 is 19.3 Å². The number of carbonyl (C=O) groups excluding carboxylic acids is 1. The quantitative estimate of drug-likeness (QED) is 0.362. The minimum Gasteiger partial charge on any atom is -0.504 e. The summed E-state index contributed by atoms with van der Waals surface area (Å²) in [6.07, 6.45) is 3.83. The number of aromatic nitrogens is 1. The zero-order chi connectivity index (χ0) is 26.7. The highest BCUT2D eigenvalue weighted by Gasteiger charge is 2.34. The molecule has 4 rings (SSSR count). The first-order valence-corrected chi connectivity index (χ1v) is 12.5. The smallest absolute Gasteiger partial charge is 0.338 e. The van der Waals surface area contributed by atoms with E-state index in [1.54, 1.807) is 51.3 Å². The first-order valence-electron chi connectivity index (χ1n) is 11.7. The molecule has 3 aromatic rings. The number of thiazole rings is 1. The van der Waals surface area contributed by atoms with Crippen molar-refractivity contribution in [2.45, 2.75) is 26.3 Å². The third-order valence-corrected chi connectivity index (χ3v) is 6.99. The third kappa shape index (κ3) is 4.82. The molecule has 0 bridgehead atoms. The summed E-state index contributed by atoms with van der Waals surface area (Å²) in [7, 11) is 3.01. The summed E-state index contributed by atoms with van der Waals surface area (Å²) in [6, 6.07) is 9.93. The number of benzene rings is 2. The number of fused-ring (bicyclic) bond motifs is 1. The number of hydrogen-bond acceptors (Lipinski definition) is 8. The van der Waals surface area contributed by atoms with Crippen LogP contribution in [-0.4, -0.2) is 36.5 Å². The van der Waals surface area contributed by atoms with Crippen molar-refractivity contribution >= 4 is 23.4 Å². The van der Waals surface area contributed by atoms with Crippen LogP contribution in [-0.2, 0) is 16.0 Å². The SMILES string of the molecule is C=CCc1cc(/C=c2/sc3n(c2=O)C(c2ccccc2OC)C(C(=O)OCC)=C(C)N=3)cc(OC)c1O. The second kappa shape index (κ2) is 10.9. The second-order valence-electron chi connectivity index (χ2n) is 8.27. The van der Waals surface area contributed by atoms with Gasteiger partial charge in [0.05, 0.1) is 36.6 Å². The van der Waals surface area contributed by atoms with Gasteiger partial charge in [0.25, 0.3) is 5.56 Å². The normalized spacial score (nSPS) is 15.1. The van der Waals surface area contributed by atoms with E-state index in [9.17, 15) is 14.7 Å². The average Bonchev–Trinajstić information content (AvgIpc) is 3.19. The van der Waals surface area contributed by atoms with Gasteiger partial charge in [-0.2, -0.15) is 0 Å². The van der Waals surface area contributed by atoms with Gasteiger partial charge in [-0.05, 0) is 50.1 Å². The van der Waals surface area contributed by atoms with E-state index in [4.69, 9.17) is 14.2 Å². The standard InChI is InChI=1S/C28H28N2O6S/c1-6-10-18-13-17(14-21(35-5)25(18)31)15-22-26(32)30-24(19-11-8-9-12-20(19)34-4)23(27(33)36-7-2)16(3)29-28(30)37-22/h6,8-9,11-15,24,31H,1,7,10H2,2-5H3/b22-15+. The molecule has 1 aliphatic heterocycles. The lowest BCUT2D eigenvalue weighted by Crippen LogP contribution is -2.40. The predicted molar refractivity (Wildman–Crippen MR) is 142 cm³/mol. The number of aromatic hydroxyl groups is 1. The van der Waals surface area contributed by atoms with Crippen molar-refractivity contribution in [2.24, 2.45) is 4.99 Å². The van der Waals surface area contributed by atoms with Crippen LogP contribution >= 0.6 is 11.3 Å². The minimum absolute atomic E-state index is 0.0342. The van der Waals surface area contributed by atoms with E-state index in [-0.39, 0.29) is 23.5 Å². The molecular formula is C28H28N2O6S. The van der Waals surface area contributed by atoms with Gasteiger partial charge in [-0.25, -0.2) is 9.79 Å². The molecule has 0 spiro atoms. The zero-order valence-corrected chi connectivity index (χ0v) is 21.9.